The first-order valence-electron chi connectivity index (χ1n) is 9.29. The fourth-order valence-corrected chi connectivity index (χ4v) is 2.89. The van der Waals surface area contributed by atoms with Gasteiger partial charge in [-0.05, 0) is 42.0 Å². The van der Waals surface area contributed by atoms with Crippen LogP contribution in [0.3, 0.4) is 0 Å². The highest BCUT2D eigenvalue weighted by Gasteiger charge is 2.08. The Hall–Kier alpha value is -2.55. The molecule has 0 aliphatic heterocycles. The van der Waals surface area contributed by atoms with Crippen molar-refractivity contribution in [3.8, 4) is 5.75 Å². The Morgan fingerprint density at radius 1 is 1.14 bits per heavy atom. The van der Waals surface area contributed by atoms with E-state index in [1.807, 2.05) is 37.4 Å². The SMILES string of the molecule is CN=C(NCc1ccc(OCc2ccccn2)cc1)N(C)Cc1cccn1C.I. The van der Waals surface area contributed by atoms with Gasteiger partial charge in [0.2, 0.25) is 0 Å². The lowest BCUT2D eigenvalue weighted by Gasteiger charge is -2.22. The fraction of sp³-hybridized carbons (Fsp3) is 0.273. The van der Waals surface area contributed by atoms with E-state index < -0.39 is 0 Å². The Labute approximate surface area is 189 Å². The lowest BCUT2D eigenvalue weighted by Crippen LogP contribution is -2.38. The van der Waals surface area contributed by atoms with Gasteiger partial charge in [0.25, 0.3) is 0 Å². The predicted molar refractivity (Wildman–Crippen MR) is 128 cm³/mol. The zero-order valence-corrected chi connectivity index (χ0v) is 19.4. The lowest BCUT2D eigenvalue weighted by atomic mass is 10.2. The van der Waals surface area contributed by atoms with Crippen molar-refractivity contribution in [2.24, 2.45) is 12.0 Å². The summed E-state index contributed by atoms with van der Waals surface area (Å²) in [7, 11) is 5.89. The molecule has 3 rings (SSSR count). The molecular weight excluding hydrogens is 477 g/mol. The lowest BCUT2D eigenvalue weighted by molar-refractivity contribution is 0.301. The summed E-state index contributed by atoms with van der Waals surface area (Å²) in [4.78, 5) is 10.8. The molecule has 2 aromatic heterocycles. The smallest absolute Gasteiger partial charge is 0.194 e. The number of nitrogens with one attached hydrogen (secondary N) is 1. The van der Waals surface area contributed by atoms with Crippen LogP contribution in [0.1, 0.15) is 17.0 Å². The van der Waals surface area contributed by atoms with Crippen LogP contribution in [-0.2, 0) is 26.7 Å². The molecule has 0 aliphatic rings. The first-order valence-corrected chi connectivity index (χ1v) is 9.29. The molecule has 7 heteroatoms. The van der Waals surface area contributed by atoms with E-state index in [4.69, 9.17) is 4.74 Å². The van der Waals surface area contributed by atoms with E-state index in [0.29, 0.717) is 13.2 Å². The maximum absolute atomic E-state index is 5.78. The van der Waals surface area contributed by atoms with Gasteiger partial charge in [-0.25, -0.2) is 0 Å². The van der Waals surface area contributed by atoms with E-state index in [1.54, 1.807) is 13.2 Å². The molecule has 29 heavy (non-hydrogen) atoms. The second kappa shape index (κ2) is 11.5. The van der Waals surface area contributed by atoms with Crippen molar-refractivity contribution in [1.82, 2.24) is 19.8 Å². The molecule has 1 aromatic carbocycles. The quantitative estimate of drug-likeness (QED) is 0.302. The van der Waals surface area contributed by atoms with Crippen molar-refractivity contribution < 1.29 is 4.74 Å². The zero-order valence-electron chi connectivity index (χ0n) is 17.1. The van der Waals surface area contributed by atoms with E-state index in [0.717, 1.165) is 23.9 Å². The van der Waals surface area contributed by atoms with E-state index >= 15 is 0 Å². The Morgan fingerprint density at radius 3 is 2.55 bits per heavy atom. The minimum absolute atomic E-state index is 0. The third-order valence-electron chi connectivity index (χ3n) is 4.51. The molecular formula is C22H28IN5O. The third-order valence-corrected chi connectivity index (χ3v) is 4.51. The van der Waals surface area contributed by atoms with Crippen molar-refractivity contribution in [2.45, 2.75) is 19.7 Å². The molecule has 0 amide bonds. The molecule has 1 N–H and O–H groups in total. The van der Waals surface area contributed by atoms with E-state index in [-0.39, 0.29) is 24.0 Å². The summed E-state index contributed by atoms with van der Waals surface area (Å²) in [6, 6.07) is 18.1. The maximum atomic E-state index is 5.78. The summed E-state index contributed by atoms with van der Waals surface area (Å²) in [5.74, 6) is 1.69. The second-order valence-electron chi connectivity index (χ2n) is 6.62. The molecule has 0 radical (unpaired) electrons. The minimum atomic E-state index is 0. The standard InChI is InChI=1S/C22H27N5O.HI/c1-23-22(27(3)16-20-8-6-14-26(20)2)25-15-18-9-11-21(12-10-18)28-17-19-7-4-5-13-24-19;/h4-14H,15-17H2,1-3H3,(H,23,25);1H. The summed E-state index contributed by atoms with van der Waals surface area (Å²) in [6.07, 6.45) is 3.83. The average Bonchev–Trinajstić information content (AvgIpc) is 3.13. The summed E-state index contributed by atoms with van der Waals surface area (Å²) in [5, 5.41) is 3.41. The first kappa shape index (κ1) is 22.7. The molecule has 0 fully saturated rings. The molecule has 3 aromatic rings. The number of aliphatic imine (C=N–C) groups is 1. The summed E-state index contributed by atoms with van der Waals surface area (Å²) < 4.78 is 7.90. The number of guanidine groups is 1. The van der Waals surface area contributed by atoms with Crippen molar-refractivity contribution in [3.63, 3.8) is 0 Å². The van der Waals surface area contributed by atoms with E-state index in [2.05, 4.69) is 62.3 Å². The second-order valence-corrected chi connectivity index (χ2v) is 6.62. The summed E-state index contributed by atoms with van der Waals surface area (Å²) in [5.41, 5.74) is 3.32. The Bertz CT molecular complexity index is 893. The highest BCUT2D eigenvalue weighted by atomic mass is 127. The molecule has 6 nitrogen and oxygen atoms in total. The number of hydrogen-bond acceptors (Lipinski definition) is 3. The van der Waals surface area contributed by atoms with Crippen LogP contribution in [0, 0.1) is 0 Å². The van der Waals surface area contributed by atoms with Gasteiger partial charge < -0.3 is 19.5 Å². The molecule has 154 valence electrons. The summed E-state index contributed by atoms with van der Waals surface area (Å²) in [6.45, 7) is 1.96. The number of hydrogen-bond donors (Lipinski definition) is 1. The fourth-order valence-electron chi connectivity index (χ4n) is 2.89. The monoisotopic (exact) mass is 505 g/mol. The normalized spacial score (nSPS) is 10.9. The van der Waals surface area contributed by atoms with Crippen LogP contribution in [0.25, 0.3) is 0 Å². The molecule has 0 aliphatic carbocycles. The van der Waals surface area contributed by atoms with Crippen LogP contribution in [0.4, 0.5) is 0 Å². The van der Waals surface area contributed by atoms with Crippen LogP contribution < -0.4 is 10.1 Å². The van der Waals surface area contributed by atoms with Crippen LogP contribution in [0.15, 0.2) is 72.0 Å². The van der Waals surface area contributed by atoms with Crippen LogP contribution in [0.5, 0.6) is 5.75 Å². The largest absolute Gasteiger partial charge is 0.487 e. The Balaban J connectivity index is 0.00000300. The van der Waals surface area contributed by atoms with Gasteiger partial charge in [0.15, 0.2) is 5.96 Å². The zero-order chi connectivity index (χ0) is 19.8. The number of benzene rings is 1. The van der Waals surface area contributed by atoms with Gasteiger partial charge in [-0.3, -0.25) is 9.98 Å². The highest BCUT2D eigenvalue weighted by Crippen LogP contribution is 2.14. The van der Waals surface area contributed by atoms with Crippen LogP contribution >= 0.6 is 24.0 Å². The Kier molecular flexibility index (Phi) is 8.98. The molecule has 0 saturated heterocycles. The van der Waals surface area contributed by atoms with E-state index in [1.165, 1.54) is 11.3 Å². The maximum Gasteiger partial charge on any atom is 0.194 e. The topological polar surface area (TPSA) is 54.7 Å². The van der Waals surface area contributed by atoms with Crippen molar-refractivity contribution in [3.05, 3.63) is 83.9 Å². The van der Waals surface area contributed by atoms with Crippen molar-refractivity contribution in [1.29, 1.82) is 0 Å². The number of ether oxygens (including phenoxy) is 1. The number of aromatic nitrogens is 2. The number of halogens is 1. The molecule has 0 atom stereocenters. The predicted octanol–water partition coefficient (Wildman–Crippen LogP) is 3.82. The molecule has 0 bridgehead atoms. The van der Waals surface area contributed by atoms with Gasteiger partial charge in [-0.2, -0.15) is 0 Å². The van der Waals surface area contributed by atoms with Crippen molar-refractivity contribution >= 4 is 29.9 Å². The van der Waals surface area contributed by atoms with Crippen LogP contribution in [0.2, 0.25) is 0 Å². The van der Waals surface area contributed by atoms with Gasteiger partial charge in [0.1, 0.15) is 12.4 Å². The Morgan fingerprint density at radius 2 is 1.93 bits per heavy atom. The molecule has 2 heterocycles. The minimum Gasteiger partial charge on any atom is -0.487 e. The van der Waals surface area contributed by atoms with Gasteiger partial charge in [-0.1, -0.05) is 18.2 Å². The molecule has 0 saturated carbocycles. The van der Waals surface area contributed by atoms with Gasteiger partial charge in [0.05, 0.1) is 12.2 Å². The third kappa shape index (κ3) is 6.77. The van der Waals surface area contributed by atoms with Crippen molar-refractivity contribution in [2.75, 3.05) is 14.1 Å². The van der Waals surface area contributed by atoms with Gasteiger partial charge in [-0.15, -0.1) is 24.0 Å². The van der Waals surface area contributed by atoms with E-state index in [9.17, 15) is 0 Å². The number of aryl methyl sites for hydroxylation is 1. The first-order chi connectivity index (χ1) is 13.7. The number of pyridine rings is 1. The van der Waals surface area contributed by atoms with Crippen LogP contribution in [-0.4, -0.2) is 34.5 Å². The summed E-state index contributed by atoms with van der Waals surface area (Å²) >= 11 is 0. The molecule has 0 unspecified atom stereocenters. The molecule has 0 spiro atoms. The van der Waals surface area contributed by atoms with Gasteiger partial charge >= 0.3 is 0 Å². The average molecular weight is 505 g/mol. The van der Waals surface area contributed by atoms with Gasteiger partial charge in [0, 0.05) is 45.8 Å². The number of nitrogens with zero attached hydrogens (tertiary/aromatic N) is 4. The highest BCUT2D eigenvalue weighted by molar-refractivity contribution is 14.0. The number of rotatable bonds is 7.